The predicted octanol–water partition coefficient (Wildman–Crippen LogP) is 2.81. The summed E-state index contributed by atoms with van der Waals surface area (Å²) >= 11 is 0. The highest BCUT2D eigenvalue weighted by Gasteiger charge is 2.12. The van der Waals surface area contributed by atoms with Crippen molar-refractivity contribution in [3.63, 3.8) is 0 Å². The monoisotopic (exact) mass is 283 g/mol. The fraction of sp³-hybridized carbons (Fsp3) is 0.118. The fourth-order valence-electron chi connectivity index (χ4n) is 1.75. The number of nitrogens with one attached hydrogen (secondary N) is 1. The van der Waals surface area contributed by atoms with E-state index in [4.69, 9.17) is 5.11 Å². The molecule has 0 aliphatic heterocycles. The molecular formula is C17H14FNO2. The van der Waals surface area contributed by atoms with Crippen LogP contribution in [0.1, 0.15) is 22.3 Å². The molecule has 2 N–H and O–H groups in total. The zero-order valence-electron chi connectivity index (χ0n) is 11.3. The quantitative estimate of drug-likeness (QED) is 0.851. The molecule has 0 spiro atoms. The first-order valence-corrected chi connectivity index (χ1v) is 6.47. The number of anilines is 1. The predicted molar refractivity (Wildman–Crippen MR) is 79.4 cm³/mol. The number of para-hydroxylation sites is 1. The first kappa shape index (κ1) is 14.8. The van der Waals surface area contributed by atoms with Gasteiger partial charge in [0.15, 0.2) is 0 Å². The Kier molecular flexibility index (Phi) is 5.08. The Morgan fingerprint density at radius 3 is 2.62 bits per heavy atom. The third-order valence-corrected chi connectivity index (χ3v) is 2.75. The molecule has 0 fully saturated rings. The van der Waals surface area contributed by atoms with E-state index in [1.165, 1.54) is 18.2 Å². The van der Waals surface area contributed by atoms with Crippen molar-refractivity contribution >= 4 is 11.6 Å². The van der Waals surface area contributed by atoms with Gasteiger partial charge in [0.1, 0.15) is 5.82 Å². The van der Waals surface area contributed by atoms with E-state index < -0.39 is 11.7 Å². The summed E-state index contributed by atoms with van der Waals surface area (Å²) in [5, 5.41) is 11.4. The van der Waals surface area contributed by atoms with Crippen LogP contribution in [0, 0.1) is 17.7 Å². The molecule has 0 heterocycles. The van der Waals surface area contributed by atoms with Gasteiger partial charge in [-0.2, -0.15) is 0 Å². The molecule has 4 heteroatoms. The maximum atomic E-state index is 13.6. The van der Waals surface area contributed by atoms with Gasteiger partial charge >= 0.3 is 0 Å². The minimum Gasteiger partial charge on any atom is -0.395 e. The Balaban J connectivity index is 2.23. The molecule has 0 saturated heterocycles. The molecule has 1 amide bonds. The van der Waals surface area contributed by atoms with Crippen molar-refractivity contribution in [1.29, 1.82) is 0 Å². The highest BCUT2D eigenvalue weighted by atomic mass is 19.1. The van der Waals surface area contributed by atoms with Crippen LogP contribution in [0.3, 0.4) is 0 Å². The number of amides is 1. The van der Waals surface area contributed by atoms with E-state index in [9.17, 15) is 9.18 Å². The van der Waals surface area contributed by atoms with Gasteiger partial charge in [0.2, 0.25) is 0 Å². The van der Waals surface area contributed by atoms with Gasteiger partial charge in [0.05, 0.1) is 17.9 Å². The number of hydrogen-bond acceptors (Lipinski definition) is 2. The van der Waals surface area contributed by atoms with Crippen molar-refractivity contribution in [1.82, 2.24) is 0 Å². The topological polar surface area (TPSA) is 49.3 Å². The van der Waals surface area contributed by atoms with Gasteiger partial charge in [-0.25, -0.2) is 4.39 Å². The van der Waals surface area contributed by atoms with Crippen molar-refractivity contribution in [3.05, 3.63) is 65.5 Å². The number of carbonyl (C=O) groups excluding carboxylic acids is 1. The maximum Gasteiger partial charge on any atom is 0.258 e. The zero-order valence-corrected chi connectivity index (χ0v) is 11.3. The largest absolute Gasteiger partial charge is 0.395 e. The number of aliphatic hydroxyl groups excluding tert-OH is 1. The van der Waals surface area contributed by atoms with Gasteiger partial charge < -0.3 is 10.4 Å². The number of carbonyl (C=O) groups is 1. The summed E-state index contributed by atoms with van der Waals surface area (Å²) in [5.74, 6) is 4.56. The minimum atomic E-state index is -0.571. The van der Waals surface area contributed by atoms with Crippen LogP contribution in [0.5, 0.6) is 0 Å². The van der Waals surface area contributed by atoms with Crippen molar-refractivity contribution < 1.29 is 14.3 Å². The second-order valence-corrected chi connectivity index (χ2v) is 4.25. The van der Waals surface area contributed by atoms with Crippen molar-refractivity contribution in [2.45, 2.75) is 6.42 Å². The molecule has 0 aliphatic rings. The molecule has 2 aromatic carbocycles. The SMILES string of the molecule is O=C(Nc1ccccc1C#CCCO)c1ccccc1F. The van der Waals surface area contributed by atoms with Crippen LogP contribution in [-0.4, -0.2) is 17.6 Å². The summed E-state index contributed by atoms with van der Waals surface area (Å²) in [6, 6.07) is 12.8. The van der Waals surface area contributed by atoms with Gasteiger partial charge in [-0.15, -0.1) is 0 Å². The van der Waals surface area contributed by atoms with Gasteiger partial charge in [-0.05, 0) is 24.3 Å². The average Bonchev–Trinajstić information content (AvgIpc) is 2.49. The summed E-state index contributed by atoms with van der Waals surface area (Å²) in [6.45, 7) is -0.0171. The average molecular weight is 283 g/mol. The lowest BCUT2D eigenvalue weighted by molar-refractivity contribution is 0.102. The minimum absolute atomic E-state index is 0.0171. The first-order valence-electron chi connectivity index (χ1n) is 6.47. The van der Waals surface area contributed by atoms with E-state index in [0.717, 1.165) is 0 Å². The molecule has 0 aromatic heterocycles. The Morgan fingerprint density at radius 2 is 1.86 bits per heavy atom. The van der Waals surface area contributed by atoms with Crippen molar-refractivity contribution in [3.8, 4) is 11.8 Å². The molecule has 2 rings (SSSR count). The summed E-state index contributed by atoms with van der Waals surface area (Å²) in [6.07, 6.45) is 0.357. The van der Waals surface area contributed by atoms with Crippen LogP contribution in [0.25, 0.3) is 0 Å². The summed E-state index contributed by atoms with van der Waals surface area (Å²) < 4.78 is 13.6. The molecule has 0 atom stereocenters. The fourth-order valence-corrected chi connectivity index (χ4v) is 1.75. The smallest absolute Gasteiger partial charge is 0.258 e. The van der Waals surface area contributed by atoms with Crippen LogP contribution in [0.15, 0.2) is 48.5 Å². The summed E-state index contributed by atoms with van der Waals surface area (Å²) in [4.78, 5) is 12.1. The van der Waals surface area contributed by atoms with E-state index >= 15 is 0 Å². The lowest BCUT2D eigenvalue weighted by atomic mass is 10.1. The van der Waals surface area contributed by atoms with E-state index in [-0.39, 0.29) is 12.2 Å². The lowest BCUT2D eigenvalue weighted by Gasteiger charge is -2.08. The zero-order chi connectivity index (χ0) is 15.1. The second kappa shape index (κ2) is 7.22. The summed E-state index contributed by atoms with van der Waals surface area (Å²) in [7, 11) is 0. The standard InChI is InChI=1S/C17H14FNO2/c18-15-10-3-2-9-14(15)17(21)19-16-11-4-1-7-13(16)8-5-6-12-20/h1-4,7,9-11,20H,6,12H2,(H,19,21). The van der Waals surface area contributed by atoms with Crippen LogP contribution >= 0.6 is 0 Å². The third-order valence-electron chi connectivity index (χ3n) is 2.75. The van der Waals surface area contributed by atoms with Gasteiger partial charge in [-0.1, -0.05) is 36.1 Å². The molecule has 0 radical (unpaired) electrons. The van der Waals surface area contributed by atoms with E-state index in [1.54, 1.807) is 30.3 Å². The molecule has 21 heavy (non-hydrogen) atoms. The number of hydrogen-bond donors (Lipinski definition) is 2. The first-order chi connectivity index (χ1) is 10.2. The number of benzene rings is 2. The molecule has 106 valence electrons. The Morgan fingerprint density at radius 1 is 1.14 bits per heavy atom. The van der Waals surface area contributed by atoms with Gasteiger partial charge in [0.25, 0.3) is 5.91 Å². The van der Waals surface area contributed by atoms with Crippen LogP contribution in [0.4, 0.5) is 10.1 Å². The van der Waals surface area contributed by atoms with Crippen molar-refractivity contribution in [2.24, 2.45) is 0 Å². The number of rotatable bonds is 3. The van der Waals surface area contributed by atoms with E-state index in [1.807, 2.05) is 0 Å². The second-order valence-electron chi connectivity index (χ2n) is 4.25. The lowest BCUT2D eigenvalue weighted by Crippen LogP contribution is -2.14. The normalized spacial score (nSPS) is 9.62. The van der Waals surface area contributed by atoms with Gasteiger partial charge in [-0.3, -0.25) is 4.79 Å². The van der Waals surface area contributed by atoms with Crippen LogP contribution < -0.4 is 5.32 Å². The molecule has 0 unspecified atom stereocenters. The molecular weight excluding hydrogens is 269 g/mol. The number of halogens is 1. The van der Waals surface area contributed by atoms with Crippen LogP contribution in [0.2, 0.25) is 0 Å². The van der Waals surface area contributed by atoms with Crippen molar-refractivity contribution in [2.75, 3.05) is 11.9 Å². The number of aliphatic hydroxyl groups is 1. The molecule has 0 aliphatic carbocycles. The van der Waals surface area contributed by atoms with E-state index in [0.29, 0.717) is 17.7 Å². The Hall–Kier alpha value is -2.64. The Labute approximate surface area is 122 Å². The molecule has 3 nitrogen and oxygen atoms in total. The molecule has 0 saturated carbocycles. The van der Waals surface area contributed by atoms with E-state index in [2.05, 4.69) is 17.2 Å². The highest BCUT2D eigenvalue weighted by molar-refractivity contribution is 6.05. The highest BCUT2D eigenvalue weighted by Crippen LogP contribution is 2.16. The molecule has 0 bridgehead atoms. The molecule has 2 aromatic rings. The summed E-state index contributed by atoms with van der Waals surface area (Å²) in [5.41, 5.74) is 1.11. The Bertz CT molecular complexity index is 701. The third kappa shape index (κ3) is 3.91. The van der Waals surface area contributed by atoms with Crippen LogP contribution in [-0.2, 0) is 0 Å². The van der Waals surface area contributed by atoms with Gasteiger partial charge in [0, 0.05) is 12.0 Å². The maximum absolute atomic E-state index is 13.6.